The molecule has 1 nitrogen and oxygen atoms in total. The van der Waals surface area contributed by atoms with Crippen molar-refractivity contribution in [3.8, 4) is 5.75 Å². The van der Waals surface area contributed by atoms with Crippen LogP contribution in [0.4, 0.5) is 0 Å². The van der Waals surface area contributed by atoms with E-state index in [2.05, 4.69) is 0 Å². The zero-order valence-corrected chi connectivity index (χ0v) is 10.2. The van der Waals surface area contributed by atoms with Gasteiger partial charge < -0.3 is 5.11 Å². The standard InChI is InChI=1S/C7H8O.3ClH.Ti/c1-6-4-2-3-5-7(6)8;;;;/h2-5,8H,1H3;3*1H;/q;;;;+3/p-3. The van der Waals surface area contributed by atoms with E-state index in [4.69, 9.17) is 33.0 Å². The van der Waals surface area contributed by atoms with Gasteiger partial charge in [-0.3, -0.25) is 0 Å². The number of aryl methyl sites for hydroxylation is 1. The number of hydrogen-bond acceptors (Lipinski definition) is 1. The third-order valence-corrected chi connectivity index (χ3v) is 1.12. The van der Waals surface area contributed by atoms with Crippen molar-refractivity contribution in [3.63, 3.8) is 0 Å². The summed E-state index contributed by atoms with van der Waals surface area (Å²) >= 11 is -1.92. The van der Waals surface area contributed by atoms with Crippen LogP contribution < -0.4 is 0 Å². The van der Waals surface area contributed by atoms with Crippen molar-refractivity contribution in [2.24, 2.45) is 0 Å². The second kappa shape index (κ2) is 7.05. The maximum absolute atomic E-state index is 8.92. The first-order valence-corrected chi connectivity index (χ1v) is 9.56. The van der Waals surface area contributed by atoms with Crippen LogP contribution in [0.1, 0.15) is 5.56 Å². The molecule has 0 aromatic heterocycles. The van der Waals surface area contributed by atoms with E-state index >= 15 is 0 Å². The molecule has 67 valence electrons. The van der Waals surface area contributed by atoms with Gasteiger partial charge in [0, 0.05) is 0 Å². The molecule has 1 rings (SSSR count). The summed E-state index contributed by atoms with van der Waals surface area (Å²) in [6.45, 7) is 1.87. The Morgan fingerprint density at radius 3 is 1.83 bits per heavy atom. The van der Waals surface area contributed by atoms with E-state index in [1.165, 1.54) is 0 Å². The van der Waals surface area contributed by atoms with Gasteiger partial charge in [0.15, 0.2) is 0 Å². The summed E-state index contributed by atoms with van der Waals surface area (Å²) in [5, 5.41) is 8.92. The molecule has 1 N–H and O–H groups in total. The molecule has 0 spiro atoms. The summed E-state index contributed by atoms with van der Waals surface area (Å²) in [6.07, 6.45) is 0. The molecule has 0 amide bonds. The van der Waals surface area contributed by atoms with Crippen LogP contribution in [-0.4, -0.2) is 5.11 Å². The van der Waals surface area contributed by atoms with Gasteiger partial charge in [-0.05, 0) is 18.6 Å². The Hall–Kier alpha value is 0.604. The number of hydrogen-bond donors (Lipinski definition) is 1. The molecule has 0 saturated carbocycles. The van der Waals surface area contributed by atoms with Crippen LogP contribution in [0.3, 0.4) is 0 Å². The van der Waals surface area contributed by atoms with Crippen molar-refractivity contribution >= 4 is 27.9 Å². The molecule has 0 aliphatic rings. The predicted molar refractivity (Wildman–Crippen MR) is 50.4 cm³/mol. The van der Waals surface area contributed by atoms with E-state index in [-0.39, 0.29) is 0 Å². The Morgan fingerprint density at radius 1 is 1.17 bits per heavy atom. The molecule has 0 radical (unpaired) electrons. The normalized spacial score (nSPS) is 8.33. The zero-order valence-electron chi connectivity index (χ0n) is 6.39. The Balaban J connectivity index is 0.000000261. The van der Waals surface area contributed by atoms with Crippen molar-refractivity contribution in [1.82, 2.24) is 0 Å². The molecule has 0 bridgehead atoms. The Bertz CT molecular complexity index is 206. The van der Waals surface area contributed by atoms with Crippen LogP contribution in [0.25, 0.3) is 0 Å². The topological polar surface area (TPSA) is 20.2 Å². The van der Waals surface area contributed by atoms with E-state index in [9.17, 15) is 0 Å². The summed E-state index contributed by atoms with van der Waals surface area (Å²) < 4.78 is 0. The first-order chi connectivity index (χ1) is 5.54. The average Bonchev–Trinajstić information content (AvgIpc) is 1.94. The first-order valence-electron chi connectivity index (χ1n) is 3.12. The molecule has 1 aromatic rings. The van der Waals surface area contributed by atoms with Crippen molar-refractivity contribution in [3.05, 3.63) is 29.8 Å². The van der Waals surface area contributed by atoms with Crippen molar-refractivity contribution in [1.29, 1.82) is 0 Å². The van der Waals surface area contributed by atoms with E-state index in [0.29, 0.717) is 5.75 Å². The van der Waals surface area contributed by atoms with Crippen LogP contribution in [0.15, 0.2) is 24.3 Å². The Labute approximate surface area is 89.7 Å². The number of rotatable bonds is 0. The number of halogens is 3. The van der Waals surface area contributed by atoms with Gasteiger partial charge in [0.2, 0.25) is 0 Å². The molecule has 0 heterocycles. The summed E-state index contributed by atoms with van der Waals surface area (Å²) in [5.74, 6) is 0.368. The van der Waals surface area contributed by atoms with E-state index < -0.39 is 14.7 Å². The van der Waals surface area contributed by atoms with Crippen LogP contribution in [0.2, 0.25) is 0 Å². The van der Waals surface area contributed by atoms with Gasteiger partial charge in [-0.25, -0.2) is 0 Å². The van der Waals surface area contributed by atoms with E-state index in [1.54, 1.807) is 6.07 Å². The van der Waals surface area contributed by atoms with Gasteiger partial charge in [0.05, 0.1) is 0 Å². The number of phenols is 1. The van der Waals surface area contributed by atoms with Gasteiger partial charge >= 0.3 is 42.6 Å². The average molecular weight is 262 g/mol. The third-order valence-electron chi connectivity index (χ3n) is 1.12. The Kier molecular flexibility index (Phi) is 7.41. The fourth-order valence-corrected chi connectivity index (χ4v) is 0.563. The molecule has 1 aromatic carbocycles. The molecule has 12 heavy (non-hydrogen) atoms. The first kappa shape index (κ1) is 12.6. The maximum atomic E-state index is 8.92. The number of aromatic hydroxyl groups is 1. The van der Waals surface area contributed by atoms with Crippen LogP contribution in [0, 0.1) is 6.92 Å². The van der Waals surface area contributed by atoms with Crippen molar-refractivity contribution in [2.45, 2.75) is 6.92 Å². The summed E-state index contributed by atoms with van der Waals surface area (Å²) in [4.78, 5) is 0. The summed E-state index contributed by atoms with van der Waals surface area (Å²) in [6, 6.07) is 7.25. The second-order valence-corrected chi connectivity index (χ2v) is 9.74. The van der Waals surface area contributed by atoms with Crippen molar-refractivity contribution < 1.29 is 19.8 Å². The minimum atomic E-state index is -1.92. The van der Waals surface area contributed by atoms with Crippen LogP contribution >= 0.6 is 27.9 Å². The molecule has 0 aliphatic heterocycles. The SMILES string of the molecule is Cc1ccccc1O.[Cl][Ti]([Cl])[Cl]. The number of benzene rings is 1. The van der Waals surface area contributed by atoms with Crippen molar-refractivity contribution in [2.75, 3.05) is 0 Å². The summed E-state index contributed by atoms with van der Waals surface area (Å²) in [7, 11) is 14.9. The van der Waals surface area contributed by atoms with E-state index in [1.807, 2.05) is 25.1 Å². The van der Waals surface area contributed by atoms with Crippen LogP contribution in [-0.2, 0) is 14.7 Å². The number of para-hydroxylation sites is 1. The van der Waals surface area contributed by atoms with E-state index in [0.717, 1.165) is 5.56 Å². The van der Waals surface area contributed by atoms with Gasteiger partial charge in [0.1, 0.15) is 5.75 Å². The zero-order chi connectivity index (χ0) is 9.56. The third kappa shape index (κ3) is 7.26. The Morgan fingerprint density at radius 2 is 1.58 bits per heavy atom. The van der Waals surface area contributed by atoms with Gasteiger partial charge in [-0.15, -0.1) is 0 Å². The molecular formula is C7H8Cl3OTi. The molecule has 0 fully saturated rings. The molecule has 0 unspecified atom stereocenters. The molecular weight excluding hydrogens is 254 g/mol. The molecule has 5 heteroatoms. The quantitative estimate of drug-likeness (QED) is 0.706. The van der Waals surface area contributed by atoms with Crippen LogP contribution in [0.5, 0.6) is 5.75 Å². The van der Waals surface area contributed by atoms with Gasteiger partial charge in [-0.2, -0.15) is 0 Å². The molecule has 0 saturated heterocycles. The number of phenolic OH excluding ortho intramolecular Hbond substituents is 1. The van der Waals surface area contributed by atoms with Gasteiger partial charge in [-0.1, -0.05) is 18.2 Å². The minimum absolute atomic E-state index is 0.368. The molecule has 0 atom stereocenters. The fraction of sp³-hybridized carbons (Fsp3) is 0.143. The fourth-order valence-electron chi connectivity index (χ4n) is 0.563. The monoisotopic (exact) mass is 261 g/mol. The molecule has 0 aliphatic carbocycles. The predicted octanol–water partition coefficient (Wildman–Crippen LogP) is 3.77. The van der Waals surface area contributed by atoms with Gasteiger partial charge in [0.25, 0.3) is 0 Å². The summed E-state index contributed by atoms with van der Waals surface area (Å²) in [5.41, 5.74) is 0.924. The second-order valence-electron chi connectivity index (χ2n) is 2.00.